The minimum atomic E-state index is -0.428. The van der Waals surface area contributed by atoms with Crippen LogP contribution in [0.4, 0.5) is 10.2 Å². The molecule has 5 nitrogen and oxygen atoms in total. The Hall–Kier alpha value is -1.98. The number of anilines is 1. The van der Waals surface area contributed by atoms with Gasteiger partial charge in [-0.3, -0.25) is 0 Å². The lowest BCUT2D eigenvalue weighted by Gasteiger charge is -2.25. The van der Waals surface area contributed by atoms with E-state index in [1.54, 1.807) is 6.07 Å². The van der Waals surface area contributed by atoms with Crippen molar-refractivity contribution in [2.24, 2.45) is 0 Å². The van der Waals surface area contributed by atoms with Gasteiger partial charge in [-0.15, -0.1) is 10.2 Å². The zero-order valence-electron chi connectivity index (χ0n) is 12.6. The predicted octanol–water partition coefficient (Wildman–Crippen LogP) is 2.88. The second kappa shape index (κ2) is 5.66. The summed E-state index contributed by atoms with van der Waals surface area (Å²) < 4.78 is 15.7. The van der Waals surface area contributed by atoms with Crippen LogP contribution in [0.5, 0.6) is 0 Å². The molecule has 116 valence electrons. The van der Waals surface area contributed by atoms with Crippen LogP contribution in [0.25, 0.3) is 0 Å². The van der Waals surface area contributed by atoms with Gasteiger partial charge in [0.1, 0.15) is 11.6 Å². The fourth-order valence-electron chi connectivity index (χ4n) is 3.62. The van der Waals surface area contributed by atoms with E-state index in [9.17, 15) is 4.39 Å². The average Bonchev–Trinajstić information content (AvgIpc) is 3.08. The number of hydrogen-bond donors (Lipinski definition) is 0. The van der Waals surface area contributed by atoms with E-state index in [4.69, 9.17) is 0 Å². The highest BCUT2D eigenvalue weighted by Crippen LogP contribution is 2.35. The van der Waals surface area contributed by atoms with Gasteiger partial charge < -0.3 is 9.47 Å². The third-order valence-electron chi connectivity index (χ3n) is 4.68. The molecule has 22 heavy (non-hydrogen) atoms. The molecule has 2 aromatic heterocycles. The van der Waals surface area contributed by atoms with Crippen LogP contribution in [-0.2, 0) is 13.0 Å². The molecule has 1 fully saturated rings. The number of nitrogens with zero attached hydrogens (tertiary/aromatic N) is 5. The topological polar surface area (TPSA) is 46.8 Å². The van der Waals surface area contributed by atoms with E-state index in [0.717, 1.165) is 44.0 Å². The minimum absolute atomic E-state index is 0.161. The Morgan fingerprint density at radius 1 is 1.05 bits per heavy atom. The molecule has 0 radical (unpaired) electrons. The first-order valence-corrected chi connectivity index (χ1v) is 8.14. The Kier molecular flexibility index (Phi) is 3.52. The predicted molar refractivity (Wildman–Crippen MR) is 81.1 cm³/mol. The van der Waals surface area contributed by atoms with Crippen molar-refractivity contribution in [2.75, 3.05) is 11.4 Å². The standard InChI is InChI=1S/C16H20FN5/c17-13-7-4-9-14(18-13)21-11-5-6-12(21)16-20-19-15-8-2-1-3-10-22(15)16/h4,7,9,12H,1-3,5-6,8,10-11H2. The van der Waals surface area contributed by atoms with Crippen molar-refractivity contribution in [3.63, 3.8) is 0 Å². The summed E-state index contributed by atoms with van der Waals surface area (Å²) in [7, 11) is 0. The van der Waals surface area contributed by atoms with Gasteiger partial charge in [-0.1, -0.05) is 12.5 Å². The second-order valence-corrected chi connectivity index (χ2v) is 6.11. The zero-order chi connectivity index (χ0) is 14.9. The van der Waals surface area contributed by atoms with Crippen LogP contribution in [0.1, 0.15) is 49.8 Å². The minimum Gasteiger partial charge on any atom is -0.346 e. The molecule has 0 bridgehead atoms. The third kappa shape index (κ3) is 2.36. The lowest BCUT2D eigenvalue weighted by molar-refractivity contribution is 0.550. The Bertz CT molecular complexity index is 668. The molecule has 1 atom stereocenters. The Morgan fingerprint density at radius 2 is 2.00 bits per heavy atom. The van der Waals surface area contributed by atoms with E-state index in [2.05, 4.69) is 24.6 Å². The summed E-state index contributed by atoms with van der Waals surface area (Å²) in [5.41, 5.74) is 0. The van der Waals surface area contributed by atoms with E-state index < -0.39 is 5.95 Å². The number of halogens is 1. The second-order valence-electron chi connectivity index (χ2n) is 6.11. The summed E-state index contributed by atoms with van der Waals surface area (Å²) >= 11 is 0. The summed E-state index contributed by atoms with van der Waals surface area (Å²) in [6.45, 7) is 1.89. The van der Waals surface area contributed by atoms with Gasteiger partial charge in [0.05, 0.1) is 6.04 Å². The number of fused-ring (bicyclic) bond motifs is 1. The van der Waals surface area contributed by atoms with Gasteiger partial charge in [0.2, 0.25) is 5.95 Å². The number of pyridine rings is 1. The number of aryl methyl sites for hydroxylation is 1. The number of hydrogen-bond acceptors (Lipinski definition) is 4. The Morgan fingerprint density at radius 3 is 2.91 bits per heavy atom. The summed E-state index contributed by atoms with van der Waals surface area (Å²) in [5, 5.41) is 8.87. The van der Waals surface area contributed by atoms with Crippen LogP contribution in [0.15, 0.2) is 18.2 Å². The van der Waals surface area contributed by atoms with Crippen LogP contribution in [0, 0.1) is 5.95 Å². The lowest BCUT2D eigenvalue weighted by Crippen LogP contribution is -2.26. The molecule has 2 aliphatic rings. The van der Waals surface area contributed by atoms with Gasteiger partial charge in [-0.2, -0.15) is 4.39 Å². The molecular weight excluding hydrogens is 281 g/mol. The molecule has 2 aliphatic heterocycles. The fourth-order valence-corrected chi connectivity index (χ4v) is 3.62. The van der Waals surface area contributed by atoms with Crippen molar-refractivity contribution >= 4 is 5.82 Å². The number of aromatic nitrogens is 4. The van der Waals surface area contributed by atoms with Gasteiger partial charge in [0, 0.05) is 19.5 Å². The maximum atomic E-state index is 13.4. The summed E-state index contributed by atoms with van der Waals surface area (Å²) in [6.07, 6.45) is 6.74. The van der Waals surface area contributed by atoms with Crippen LogP contribution >= 0.6 is 0 Å². The first-order valence-electron chi connectivity index (χ1n) is 8.14. The molecule has 4 heterocycles. The summed E-state index contributed by atoms with van der Waals surface area (Å²) in [4.78, 5) is 6.22. The molecule has 1 unspecified atom stereocenters. The number of rotatable bonds is 2. The molecule has 1 saturated heterocycles. The van der Waals surface area contributed by atoms with Crippen molar-refractivity contribution in [2.45, 2.75) is 51.1 Å². The van der Waals surface area contributed by atoms with Gasteiger partial charge >= 0.3 is 0 Å². The van der Waals surface area contributed by atoms with E-state index in [1.165, 1.54) is 25.3 Å². The maximum Gasteiger partial charge on any atom is 0.214 e. The van der Waals surface area contributed by atoms with Crippen LogP contribution < -0.4 is 4.90 Å². The van der Waals surface area contributed by atoms with Crippen LogP contribution in [0.2, 0.25) is 0 Å². The molecular formula is C16H20FN5. The highest BCUT2D eigenvalue weighted by Gasteiger charge is 2.32. The van der Waals surface area contributed by atoms with Gasteiger partial charge in [-0.05, 0) is 37.8 Å². The first-order chi connectivity index (χ1) is 10.8. The maximum absolute atomic E-state index is 13.4. The Labute approximate surface area is 129 Å². The van der Waals surface area contributed by atoms with Crippen LogP contribution in [-0.4, -0.2) is 26.3 Å². The van der Waals surface area contributed by atoms with Crippen molar-refractivity contribution < 1.29 is 4.39 Å². The van der Waals surface area contributed by atoms with Crippen molar-refractivity contribution in [1.29, 1.82) is 0 Å². The normalized spacial score (nSPS) is 21.7. The summed E-state index contributed by atoms with van der Waals surface area (Å²) in [5.74, 6) is 2.41. The lowest BCUT2D eigenvalue weighted by atomic mass is 10.2. The Balaban J connectivity index is 1.68. The molecule has 0 spiro atoms. The monoisotopic (exact) mass is 301 g/mol. The van der Waals surface area contributed by atoms with Crippen molar-refractivity contribution in [3.8, 4) is 0 Å². The zero-order valence-corrected chi connectivity index (χ0v) is 12.6. The van der Waals surface area contributed by atoms with Gasteiger partial charge in [0.25, 0.3) is 0 Å². The first kappa shape index (κ1) is 13.7. The third-order valence-corrected chi connectivity index (χ3v) is 4.68. The average molecular weight is 301 g/mol. The van der Waals surface area contributed by atoms with E-state index in [1.807, 2.05) is 6.07 Å². The molecule has 0 saturated carbocycles. The van der Waals surface area contributed by atoms with E-state index >= 15 is 0 Å². The van der Waals surface area contributed by atoms with Crippen LogP contribution in [0.3, 0.4) is 0 Å². The SMILES string of the molecule is Fc1cccc(N2CCCC2c2nnc3n2CCCCC3)n1. The smallest absolute Gasteiger partial charge is 0.214 e. The van der Waals surface area contributed by atoms with Gasteiger partial charge in [0.15, 0.2) is 5.82 Å². The highest BCUT2D eigenvalue weighted by molar-refractivity contribution is 5.42. The molecule has 0 aromatic carbocycles. The van der Waals surface area contributed by atoms with Crippen molar-refractivity contribution in [3.05, 3.63) is 35.8 Å². The van der Waals surface area contributed by atoms with Gasteiger partial charge in [-0.25, -0.2) is 4.98 Å². The molecule has 4 rings (SSSR count). The van der Waals surface area contributed by atoms with E-state index in [-0.39, 0.29) is 6.04 Å². The van der Waals surface area contributed by atoms with E-state index in [0.29, 0.717) is 5.82 Å². The fraction of sp³-hybridized carbons (Fsp3) is 0.562. The quantitative estimate of drug-likeness (QED) is 0.800. The summed E-state index contributed by atoms with van der Waals surface area (Å²) in [6, 6.07) is 5.14. The molecule has 0 aliphatic carbocycles. The molecule has 2 aromatic rings. The van der Waals surface area contributed by atoms with Crippen molar-refractivity contribution in [1.82, 2.24) is 19.7 Å². The largest absolute Gasteiger partial charge is 0.346 e. The molecule has 0 N–H and O–H groups in total. The molecule has 6 heteroatoms. The molecule has 0 amide bonds. The highest BCUT2D eigenvalue weighted by atomic mass is 19.1.